The molecule has 0 aliphatic carbocycles. The van der Waals surface area contributed by atoms with Gasteiger partial charge in [0, 0.05) is 18.3 Å². The van der Waals surface area contributed by atoms with Gasteiger partial charge in [-0.2, -0.15) is 0 Å². The van der Waals surface area contributed by atoms with E-state index in [4.69, 9.17) is 5.73 Å². The highest BCUT2D eigenvalue weighted by Crippen LogP contribution is 2.21. The molecule has 0 aromatic heterocycles. The van der Waals surface area contributed by atoms with Crippen molar-refractivity contribution in [2.24, 2.45) is 0 Å². The molecule has 1 amide bonds. The fourth-order valence-electron chi connectivity index (χ4n) is 2.10. The van der Waals surface area contributed by atoms with E-state index in [1.54, 1.807) is 4.90 Å². The summed E-state index contributed by atoms with van der Waals surface area (Å²) < 4.78 is 13.5. The van der Waals surface area contributed by atoms with Crippen molar-refractivity contribution in [2.45, 2.75) is 25.8 Å². The van der Waals surface area contributed by atoms with Gasteiger partial charge in [-0.25, -0.2) is 4.39 Å². The number of likely N-dealkylation sites (tertiary alicyclic amines) is 1. The monoisotopic (exact) mass is 222 g/mol. The zero-order chi connectivity index (χ0) is 11.7. The first-order chi connectivity index (χ1) is 7.59. The number of anilines is 1. The van der Waals surface area contributed by atoms with Gasteiger partial charge in [-0.15, -0.1) is 0 Å². The summed E-state index contributed by atoms with van der Waals surface area (Å²) in [4.78, 5) is 13.8. The van der Waals surface area contributed by atoms with E-state index in [-0.39, 0.29) is 17.5 Å². The van der Waals surface area contributed by atoms with E-state index < -0.39 is 5.82 Å². The standard InChI is InChI=1S/C12H15FN2O/c1-8-3-2-6-15(8)12(16)10-7-9(14)4-5-11(10)13/h4-5,7-8H,2-3,6,14H2,1H3. The summed E-state index contributed by atoms with van der Waals surface area (Å²) in [6.07, 6.45) is 1.96. The molecule has 2 rings (SSSR count). The summed E-state index contributed by atoms with van der Waals surface area (Å²) in [5.74, 6) is -0.756. The Bertz CT molecular complexity index is 419. The molecular formula is C12H15FN2O. The highest BCUT2D eigenvalue weighted by Gasteiger charge is 2.27. The molecule has 16 heavy (non-hydrogen) atoms. The Balaban J connectivity index is 2.29. The molecule has 4 heteroatoms. The van der Waals surface area contributed by atoms with Gasteiger partial charge in [0.1, 0.15) is 5.82 Å². The second kappa shape index (κ2) is 4.12. The third-order valence-electron chi connectivity index (χ3n) is 3.03. The topological polar surface area (TPSA) is 46.3 Å². The fraction of sp³-hybridized carbons (Fsp3) is 0.417. The van der Waals surface area contributed by atoms with E-state index in [0.717, 1.165) is 12.8 Å². The lowest BCUT2D eigenvalue weighted by molar-refractivity contribution is 0.0743. The molecule has 1 unspecified atom stereocenters. The number of nitrogens with zero attached hydrogens (tertiary/aromatic N) is 1. The second-order valence-corrected chi connectivity index (χ2v) is 4.23. The zero-order valence-corrected chi connectivity index (χ0v) is 9.24. The largest absolute Gasteiger partial charge is 0.399 e. The molecule has 1 aromatic rings. The summed E-state index contributed by atoms with van der Waals surface area (Å²) in [6, 6.07) is 4.29. The van der Waals surface area contributed by atoms with Crippen LogP contribution in [0.5, 0.6) is 0 Å². The van der Waals surface area contributed by atoms with Crippen molar-refractivity contribution in [3.63, 3.8) is 0 Å². The first kappa shape index (κ1) is 10.9. The van der Waals surface area contributed by atoms with Gasteiger partial charge >= 0.3 is 0 Å². The van der Waals surface area contributed by atoms with E-state index >= 15 is 0 Å². The number of amides is 1. The SMILES string of the molecule is CC1CCCN1C(=O)c1cc(N)ccc1F. The number of hydrogen-bond acceptors (Lipinski definition) is 2. The van der Waals surface area contributed by atoms with Crippen LogP contribution in [-0.4, -0.2) is 23.4 Å². The Kier molecular flexibility index (Phi) is 2.81. The zero-order valence-electron chi connectivity index (χ0n) is 9.24. The van der Waals surface area contributed by atoms with Crippen molar-refractivity contribution in [1.82, 2.24) is 4.90 Å². The highest BCUT2D eigenvalue weighted by molar-refractivity contribution is 5.95. The minimum atomic E-state index is -0.502. The van der Waals surface area contributed by atoms with Crippen molar-refractivity contribution in [3.8, 4) is 0 Å². The fourth-order valence-corrected chi connectivity index (χ4v) is 2.10. The number of carbonyl (C=O) groups excluding carboxylic acids is 1. The van der Waals surface area contributed by atoms with Gasteiger partial charge in [0.15, 0.2) is 0 Å². The van der Waals surface area contributed by atoms with Crippen LogP contribution in [0.3, 0.4) is 0 Å². The summed E-state index contributed by atoms with van der Waals surface area (Å²) in [7, 11) is 0. The van der Waals surface area contributed by atoms with Gasteiger partial charge in [0.25, 0.3) is 5.91 Å². The van der Waals surface area contributed by atoms with E-state index in [0.29, 0.717) is 12.2 Å². The van der Waals surface area contributed by atoms with Crippen LogP contribution in [0.2, 0.25) is 0 Å². The summed E-state index contributed by atoms with van der Waals surface area (Å²) in [5, 5.41) is 0. The Labute approximate surface area is 94.0 Å². The Morgan fingerprint density at radius 1 is 1.56 bits per heavy atom. The van der Waals surface area contributed by atoms with Crippen molar-refractivity contribution in [1.29, 1.82) is 0 Å². The molecular weight excluding hydrogens is 207 g/mol. The summed E-state index contributed by atoms with van der Waals surface area (Å²) in [6.45, 7) is 2.68. The minimum Gasteiger partial charge on any atom is -0.399 e. The highest BCUT2D eigenvalue weighted by atomic mass is 19.1. The van der Waals surface area contributed by atoms with E-state index in [1.165, 1.54) is 18.2 Å². The lowest BCUT2D eigenvalue weighted by Gasteiger charge is -2.21. The van der Waals surface area contributed by atoms with Crippen LogP contribution in [0, 0.1) is 5.82 Å². The molecule has 1 aliphatic heterocycles. The molecule has 1 aliphatic rings. The number of benzene rings is 1. The van der Waals surface area contributed by atoms with Crippen LogP contribution in [-0.2, 0) is 0 Å². The van der Waals surface area contributed by atoms with Crippen LogP contribution in [0.15, 0.2) is 18.2 Å². The Morgan fingerprint density at radius 2 is 2.31 bits per heavy atom. The van der Waals surface area contributed by atoms with Crippen molar-refractivity contribution in [3.05, 3.63) is 29.6 Å². The number of nitrogen functional groups attached to an aromatic ring is 1. The van der Waals surface area contributed by atoms with Gasteiger partial charge in [-0.1, -0.05) is 0 Å². The predicted molar refractivity (Wildman–Crippen MR) is 60.5 cm³/mol. The maximum absolute atomic E-state index is 13.5. The molecule has 1 fully saturated rings. The molecule has 1 atom stereocenters. The lowest BCUT2D eigenvalue weighted by Crippen LogP contribution is -2.34. The van der Waals surface area contributed by atoms with Crippen molar-refractivity contribution in [2.75, 3.05) is 12.3 Å². The normalized spacial score (nSPS) is 20.1. The number of rotatable bonds is 1. The number of halogens is 1. The molecule has 86 valence electrons. The number of carbonyl (C=O) groups is 1. The molecule has 0 spiro atoms. The van der Waals surface area contributed by atoms with E-state index in [1.807, 2.05) is 6.92 Å². The average Bonchev–Trinajstić information content (AvgIpc) is 2.67. The third kappa shape index (κ3) is 1.87. The molecule has 0 saturated carbocycles. The molecule has 0 bridgehead atoms. The molecule has 2 N–H and O–H groups in total. The maximum Gasteiger partial charge on any atom is 0.257 e. The van der Waals surface area contributed by atoms with Crippen molar-refractivity contribution < 1.29 is 9.18 Å². The smallest absolute Gasteiger partial charge is 0.257 e. The van der Waals surface area contributed by atoms with E-state index in [9.17, 15) is 9.18 Å². The summed E-state index contributed by atoms with van der Waals surface area (Å²) in [5.41, 5.74) is 6.05. The van der Waals surface area contributed by atoms with Gasteiger partial charge in [0.05, 0.1) is 5.56 Å². The quantitative estimate of drug-likeness (QED) is 0.739. The molecule has 3 nitrogen and oxygen atoms in total. The van der Waals surface area contributed by atoms with Crippen molar-refractivity contribution >= 4 is 11.6 Å². The van der Waals surface area contributed by atoms with Gasteiger partial charge in [-0.05, 0) is 38.0 Å². The molecule has 1 heterocycles. The van der Waals surface area contributed by atoms with E-state index in [2.05, 4.69) is 0 Å². The predicted octanol–water partition coefficient (Wildman–Crippen LogP) is 2.03. The van der Waals surface area contributed by atoms with Gasteiger partial charge < -0.3 is 10.6 Å². The van der Waals surface area contributed by atoms with Crippen LogP contribution in [0.1, 0.15) is 30.1 Å². The first-order valence-electron chi connectivity index (χ1n) is 5.45. The number of hydrogen-bond donors (Lipinski definition) is 1. The average molecular weight is 222 g/mol. The molecule has 0 radical (unpaired) electrons. The molecule has 1 saturated heterocycles. The summed E-state index contributed by atoms with van der Waals surface area (Å²) >= 11 is 0. The lowest BCUT2D eigenvalue weighted by atomic mass is 10.1. The Morgan fingerprint density at radius 3 is 2.94 bits per heavy atom. The van der Waals surface area contributed by atoms with Gasteiger partial charge in [0.2, 0.25) is 0 Å². The molecule has 1 aromatic carbocycles. The third-order valence-corrected chi connectivity index (χ3v) is 3.03. The van der Waals surface area contributed by atoms with Crippen LogP contribution >= 0.6 is 0 Å². The first-order valence-corrected chi connectivity index (χ1v) is 5.45. The second-order valence-electron chi connectivity index (χ2n) is 4.23. The van der Waals surface area contributed by atoms with Crippen LogP contribution < -0.4 is 5.73 Å². The maximum atomic E-state index is 13.5. The van der Waals surface area contributed by atoms with Crippen LogP contribution in [0.25, 0.3) is 0 Å². The Hall–Kier alpha value is -1.58. The minimum absolute atomic E-state index is 0.0775. The van der Waals surface area contributed by atoms with Crippen LogP contribution in [0.4, 0.5) is 10.1 Å². The van der Waals surface area contributed by atoms with Gasteiger partial charge in [-0.3, -0.25) is 4.79 Å². The number of nitrogens with two attached hydrogens (primary N) is 1.